The summed E-state index contributed by atoms with van der Waals surface area (Å²) in [5.41, 5.74) is 0.805. The molecule has 0 aromatic heterocycles. The van der Waals surface area contributed by atoms with Crippen molar-refractivity contribution in [1.82, 2.24) is 0 Å². The summed E-state index contributed by atoms with van der Waals surface area (Å²) in [6.07, 6.45) is 14.0. The van der Waals surface area contributed by atoms with Gasteiger partial charge in [0.2, 0.25) is 0 Å². The van der Waals surface area contributed by atoms with Crippen LogP contribution in [0.3, 0.4) is 0 Å². The van der Waals surface area contributed by atoms with E-state index in [-0.39, 0.29) is 11.5 Å². The second kappa shape index (κ2) is 5.36. The van der Waals surface area contributed by atoms with Crippen LogP contribution in [0.15, 0.2) is 12.7 Å². The van der Waals surface area contributed by atoms with Crippen LogP contribution in [0.5, 0.6) is 0 Å². The van der Waals surface area contributed by atoms with Gasteiger partial charge >= 0.3 is 0 Å². The predicted octanol–water partition coefficient (Wildman–Crippen LogP) is 5.11. The van der Waals surface area contributed by atoms with Crippen molar-refractivity contribution in [3.8, 4) is 0 Å². The minimum atomic E-state index is 0.0858. The molecule has 2 saturated carbocycles. The topological polar surface area (TPSA) is 9.23 Å². The maximum Gasteiger partial charge on any atom is 0.0635 e. The molecule has 2 aliphatic carbocycles. The van der Waals surface area contributed by atoms with Gasteiger partial charge in [-0.05, 0) is 50.9 Å². The lowest BCUT2D eigenvalue weighted by Gasteiger charge is -2.40. The van der Waals surface area contributed by atoms with Crippen molar-refractivity contribution in [1.29, 1.82) is 0 Å². The summed E-state index contributed by atoms with van der Waals surface area (Å²) in [6, 6.07) is 0. The van der Waals surface area contributed by atoms with Crippen LogP contribution in [-0.4, -0.2) is 12.2 Å². The molecule has 0 N–H and O–H groups in total. The highest BCUT2D eigenvalue weighted by Gasteiger charge is 2.38. The lowest BCUT2D eigenvalue weighted by Crippen LogP contribution is -2.35. The molecule has 0 bridgehead atoms. The summed E-state index contributed by atoms with van der Waals surface area (Å²) >= 11 is 0. The van der Waals surface area contributed by atoms with E-state index in [9.17, 15) is 0 Å². The van der Waals surface area contributed by atoms with Gasteiger partial charge in [-0.2, -0.15) is 0 Å². The first-order valence-corrected chi connectivity index (χ1v) is 7.77. The summed E-state index contributed by atoms with van der Waals surface area (Å²) in [5.74, 6) is 0. The standard InChI is InChI=1S/C17H30O/c1-5-16(3,4)14(2)18-15-8-12-17(13-9-15)10-6-7-11-17/h5,14-15H,1,6-13H2,2-4H3. The Hall–Kier alpha value is -0.300. The van der Waals surface area contributed by atoms with Gasteiger partial charge in [0.15, 0.2) is 0 Å². The second-order valence-corrected chi connectivity index (χ2v) is 7.21. The Kier molecular flexibility index (Phi) is 4.21. The second-order valence-electron chi connectivity index (χ2n) is 7.21. The molecular formula is C17H30O. The molecule has 1 spiro atoms. The van der Waals surface area contributed by atoms with E-state index in [4.69, 9.17) is 4.74 Å². The van der Waals surface area contributed by atoms with Crippen LogP contribution in [0.1, 0.15) is 72.1 Å². The Morgan fingerprint density at radius 2 is 1.72 bits per heavy atom. The minimum absolute atomic E-state index is 0.0858. The molecule has 0 aromatic rings. The van der Waals surface area contributed by atoms with E-state index in [1.54, 1.807) is 0 Å². The normalized spacial score (nSPS) is 26.4. The molecule has 0 aliphatic heterocycles. The van der Waals surface area contributed by atoms with Crippen LogP contribution in [-0.2, 0) is 4.74 Å². The van der Waals surface area contributed by atoms with Crippen LogP contribution < -0.4 is 0 Å². The zero-order chi connectivity index (χ0) is 13.2. The monoisotopic (exact) mass is 250 g/mol. The Labute approximate surface area is 113 Å². The number of hydrogen-bond donors (Lipinski definition) is 0. The minimum Gasteiger partial charge on any atom is -0.374 e. The molecule has 2 aliphatic rings. The van der Waals surface area contributed by atoms with Gasteiger partial charge in [0.05, 0.1) is 12.2 Å². The van der Waals surface area contributed by atoms with Crippen molar-refractivity contribution in [2.24, 2.45) is 10.8 Å². The highest BCUT2D eigenvalue weighted by atomic mass is 16.5. The first-order chi connectivity index (χ1) is 8.47. The van der Waals surface area contributed by atoms with Crippen LogP contribution in [0.4, 0.5) is 0 Å². The molecule has 1 heteroatoms. The highest BCUT2D eigenvalue weighted by molar-refractivity contribution is 4.94. The van der Waals surface area contributed by atoms with Crippen molar-refractivity contribution in [3.63, 3.8) is 0 Å². The quantitative estimate of drug-likeness (QED) is 0.630. The zero-order valence-corrected chi connectivity index (χ0v) is 12.5. The van der Waals surface area contributed by atoms with Crippen molar-refractivity contribution >= 4 is 0 Å². The van der Waals surface area contributed by atoms with Gasteiger partial charge in [-0.25, -0.2) is 0 Å². The number of rotatable bonds is 4. The van der Waals surface area contributed by atoms with Gasteiger partial charge in [0, 0.05) is 5.41 Å². The molecule has 1 unspecified atom stereocenters. The molecule has 1 atom stereocenters. The summed E-state index contributed by atoms with van der Waals surface area (Å²) in [4.78, 5) is 0. The number of hydrogen-bond acceptors (Lipinski definition) is 1. The summed E-state index contributed by atoms with van der Waals surface area (Å²) in [5, 5.41) is 0. The lowest BCUT2D eigenvalue weighted by atomic mass is 9.72. The van der Waals surface area contributed by atoms with Crippen molar-refractivity contribution in [3.05, 3.63) is 12.7 Å². The smallest absolute Gasteiger partial charge is 0.0635 e. The summed E-state index contributed by atoms with van der Waals surface area (Å²) in [6.45, 7) is 10.5. The van der Waals surface area contributed by atoms with Gasteiger partial charge in [-0.3, -0.25) is 0 Å². The van der Waals surface area contributed by atoms with Crippen LogP contribution in [0.2, 0.25) is 0 Å². The lowest BCUT2D eigenvalue weighted by molar-refractivity contribution is -0.0745. The van der Waals surface area contributed by atoms with E-state index < -0.39 is 0 Å². The molecule has 0 amide bonds. The van der Waals surface area contributed by atoms with E-state index >= 15 is 0 Å². The molecule has 1 nitrogen and oxygen atoms in total. The molecule has 0 saturated heterocycles. The summed E-state index contributed by atoms with van der Waals surface area (Å²) in [7, 11) is 0. The molecule has 2 rings (SSSR count). The fourth-order valence-electron chi connectivity index (χ4n) is 3.59. The third kappa shape index (κ3) is 2.99. The zero-order valence-electron chi connectivity index (χ0n) is 12.5. The van der Waals surface area contributed by atoms with Crippen LogP contribution in [0.25, 0.3) is 0 Å². The number of ether oxygens (including phenoxy) is 1. The van der Waals surface area contributed by atoms with Crippen LogP contribution in [0, 0.1) is 10.8 Å². The van der Waals surface area contributed by atoms with Crippen molar-refractivity contribution in [2.75, 3.05) is 0 Å². The molecule has 2 fully saturated rings. The summed E-state index contributed by atoms with van der Waals surface area (Å²) < 4.78 is 6.28. The van der Waals surface area contributed by atoms with E-state index in [0.717, 1.165) is 5.41 Å². The van der Waals surface area contributed by atoms with Gasteiger partial charge in [-0.15, -0.1) is 6.58 Å². The van der Waals surface area contributed by atoms with E-state index in [1.807, 2.05) is 6.08 Å². The van der Waals surface area contributed by atoms with E-state index in [2.05, 4.69) is 27.4 Å². The Balaban J connectivity index is 1.81. The molecule has 0 aromatic carbocycles. The Morgan fingerprint density at radius 1 is 1.17 bits per heavy atom. The van der Waals surface area contributed by atoms with Gasteiger partial charge in [0.25, 0.3) is 0 Å². The van der Waals surface area contributed by atoms with Crippen LogP contribution >= 0.6 is 0 Å². The third-order valence-corrected chi connectivity index (χ3v) is 5.63. The molecule has 18 heavy (non-hydrogen) atoms. The first kappa shape index (κ1) is 14.1. The van der Waals surface area contributed by atoms with Crippen molar-refractivity contribution in [2.45, 2.75) is 84.3 Å². The van der Waals surface area contributed by atoms with Gasteiger partial charge < -0.3 is 4.74 Å². The average Bonchev–Trinajstić information content (AvgIpc) is 2.81. The van der Waals surface area contributed by atoms with Crippen molar-refractivity contribution < 1.29 is 4.74 Å². The fourth-order valence-corrected chi connectivity index (χ4v) is 3.59. The SMILES string of the molecule is C=CC(C)(C)C(C)OC1CCC2(CCCC2)CC1. The highest BCUT2D eigenvalue weighted by Crippen LogP contribution is 2.49. The maximum atomic E-state index is 6.28. The largest absolute Gasteiger partial charge is 0.374 e. The fraction of sp³-hybridized carbons (Fsp3) is 0.882. The Morgan fingerprint density at radius 3 is 2.22 bits per heavy atom. The molecule has 0 heterocycles. The van der Waals surface area contributed by atoms with Gasteiger partial charge in [-0.1, -0.05) is 32.8 Å². The predicted molar refractivity (Wildman–Crippen MR) is 77.7 cm³/mol. The molecule has 0 radical (unpaired) electrons. The first-order valence-electron chi connectivity index (χ1n) is 7.77. The average molecular weight is 250 g/mol. The van der Waals surface area contributed by atoms with E-state index in [0.29, 0.717) is 6.10 Å². The Bertz CT molecular complexity index is 276. The van der Waals surface area contributed by atoms with E-state index in [1.165, 1.54) is 51.4 Å². The maximum absolute atomic E-state index is 6.28. The third-order valence-electron chi connectivity index (χ3n) is 5.63. The molecule has 104 valence electrons. The van der Waals surface area contributed by atoms with Gasteiger partial charge in [0.1, 0.15) is 0 Å². The molecular weight excluding hydrogens is 220 g/mol.